The number of benzene rings is 2. The van der Waals surface area contributed by atoms with Crippen molar-refractivity contribution in [2.24, 2.45) is 0 Å². The molecular weight excluding hydrogens is 216 g/mol. The number of fused-ring (bicyclic) bond motifs is 1. The average Bonchev–Trinajstić information content (AvgIpc) is 2.27. The van der Waals surface area contributed by atoms with Gasteiger partial charge in [0, 0.05) is 17.7 Å². The fourth-order valence-electron chi connectivity index (χ4n) is 1.50. The number of non-ortho nitro benzene ring substituents is 1. The normalized spacial score (nSPS) is 10.9. The second-order valence-corrected chi connectivity index (χ2v) is 3.35. The Balaban J connectivity index is 2.57. The fraction of sp³-hybridized carbons (Fsp3) is 0.0909. The molecule has 0 saturated heterocycles. The molecule has 0 spiro atoms. The second-order valence-electron chi connectivity index (χ2n) is 3.35. The highest BCUT2D eigenvalue weighted by Gasteiger charge is 2.09. The van der Waals surface area contributed by atoms with Gasteiger partial charge in [-0.05, 0) is 22.9 Å². The Bertz CT molecular complexity index is 555. The van der Waals surface area contributed by atoms with E-state index in [-0.39, 0.29) is 11.3 Å². The lowest BCUT2D eigenvalue weighted by atomic mass is 10.1. The summed E-state index contributed by atoms with van der Waals surface area (Å²) in [5.74, 6) is 0. The van der Waals surface area contributed by atoms with Crippen molar-refractivity contribution in [2.75, 3.05) is 0 Å². The molecule has 0 N–H and O–H groups in total. The molecule has 0 heterocycles. The van der Waals surface area contributed by atoms with Gasteiger partial charge in [0.15, 0.2) is 0 Å². The van der Waals surface area contributed by atoms with Crippen molar-refractivity contribution in [2.45, 2.75) is 6.43 Å². The first-order valence-corrected chi connectivity index (χ1v) is 4.54. The average molecular weight is 223 g/mol. The first-order chi connectivity index (χ1) is 7.58. The summed E-state index contributed by atoms with van der Waals surface area (Å²) in [7, 11) is 0. The first-order valence-electron chi connectivity index (χ1n) is 4.54. The zero-order valence-corrected chi connectivity index (χ0v) is 8.06. The Morgan fingerprint density at radius 2 is 1.69 bits per heavy atom. The predicted molar refractivity (Wildman–Crippen MR) is 55.6 cm³/mol. The number of alkyl halides is 2. The molecule has 82 valence electrons. The highest BCUT2D eigenvalue weighted by Crippen LogP contribution is 2.26. The molecule has 2 aromatic rings. The molecule has 0 atom stereocenters. The largest absolute Gasteiger partial charge is 0.270 e. The lowest BCUT2D eigenvalue weighted by Crippen LogP contribution is -1.88. The second kappa shape index (κ2) is 3.84. The molecule has 0 aliphatic rings. The lowest BCUT2D eigenvalue weighted by molar-refractivity contribution is -0.384. The van der Waals surface area contributed by atoms with Crippen molar-refractivity contribution in [3.63, 3.8) is 0 Å². The summed E-state index contributed by atoms with van der Waals surface area (Å²) in [6.45, 7) is 0. The summed E-state index contributed by atoms with van der Waals surface area (Å²) in [5, 5.41) is 11.7. The van der Waals surface area contributed by atoms with Crippen LogP contribution in [0.1, 0.15) is 12.0 Å². The number of nitro groups is 1. The van der Waals surface area contributed by atoms with Gasteiger partial charge >= 0.3 is 0 Å². The van der Waals surface area contributed by atoms with Crippen LogP contribution in [0.5, 0.6) is 0 Å². The van der Waals surface area contributed by atoms with Gasteiger partial charge < -0.3 is 0 Å². The van der Waals surface area contributed by atoms with Crippen LogP contribution < -0.4 is 0 Å². The van der Waals surface area contributed by atoms with Gasteiger partial charge in [0.1, 0.15) is 0 Å². The van der Waals surface area contributed by atoms with E-state index in [0.29, 0.717) is 10.8 Å². The summed E-state index contributed by atoms with van der Waals surface area (Å²) in [6.07, 6.45) is -2.53. The fourth-order valence-corrected chi connectivity index (χ4v) is 1.50. The highest BCUT2D eigenvalue weighted by atomic mass is 19.3. The summed E-state index contributed by atoms with van der Waals surface area (Å²) in [5.41, 5.74) is -0.126. The molecule has 3 nitrogen and oxygen atoms in total. The van der Waals surface area contributed by atoms with Gasteiger partial charge in [-0.15, -0.1) is 0 Å². The van der Waals surface area contributed by atoms with Crippen LogP contribution in [-0.4, -0.2) is 4.92 Å². The van der Waals surface area contributed by atoms with E-state index < -0.39 is 11.3 Å². The zero-order valence-electron chi connectivity index (χ0n) is 8.06. The molecule has 0 fully saturated rings. The van der Waals surface area contributed by atoms with Gasteiger partial charge in [-0.25, -0.2) is 8.78 Å². The molecule has 0 aromatic heterocycles. The van der Waals surface area contributed by atoms with E-state index in [0.717, 1.165) is 0 Å². The summed E-state index contributed by atoms with van der Waals surface area (Å²) >= 11 is 0. The van der Waals surface area contributed by atoms with E-state index in [2.05, 4.69) is 0 Å². The zero-order chi connectivity index (χ0) is 11.7. The molecule has 5 heteroatoms. The number of rotatable bonds is 2. The number of nitro benzene ring substituents is 1. The van der Waals surface area contributed by atoms with Gasteiger partial charge in [-0.1, -0.05) is 12.1 Å². The third kappa shape index (κ3) is 1.84. The quantitative estimate of drug-likeness (QED) is 0.575. The maximum absolute atomic E-state index is 12.4. The van der Waals surface area contributed by atoms with Gasteiger partial charge in [0.2, 0.25) is 0 Å². The van der Waals surface area contributed by atoms with Crippen molar-refractivity contribution in [3.05, 3.63) is 52.1 Å². The van der Waals surface area contributed by atoms with E-state index in [1.807, 2.05) is 0 Å². The summed E-state index contributed by atoms with van der Waals surface area (Å²) < 4.78 is 24.8. The van der Waals surface area contributed by atoms with Gasteiger partial charge in [0.05, 0.1) is 4.92 Å². The van der Waals surface area contributed by atoms with Gasteiger partial charge in [-0.2, -0.15) is 0 Å². The molecule has 0 aliphatic carbocycles. The minimum absolute atomic E-state index is 0.0442. The topological polar surface area (TPSA) is 43.1 Å². The maximum Gasteiger partial charge on any atom is 0.270 e. The Morgan fingerprint density at radius 1 is 1.06 bits per heavy atom. The van der Waals surface area contributed by atoms with Crippen molar-refractivity contribution < 1.29 is 13.7 Å². The minimum Gasteiger partial charge on any atom is -0.258 e. The monoisotopic (exact) mass is 223 g/mol. The highest BCUT2D eigenvalue weighted by molar-refractivity contribution is 5.85. The lowest BCUT2D eigenvalue weighted by Gasteiger charge is -2.02. The van der Waals surface area contributed by atoms with Crippen molar-refractivity contribution in [3.8, 4) is 0 Å². The summed E-state index contributed by atoms with van der Waals surface area (Å²) in [4.78, 5) is 9.99. The molecule has 16 heavy (non-hydrogen) atoms. The molecule has 0 saturated carbocycles. The van der Waals surface area contributed by atoms with Crippen LogP contribution in [0.25, 0.3) is 10.8 Å². The molecule has 0 amide bonds. The Labute approximate surface area is 89.5 Å². The minimum atomic E-state index is -2.53. The molecule has 2 rings (SSSR count). The van der Waals surface area contributed by atoms with Crippen LogP contribution in [0, 0.1) is 10.1 Å². The summed E-state index contributed by atoms with van der Waals surface area (Å²) in [6, 6.07) is 8.21. The molecular formula is C11H7F2NO2. The van der Waals surface area contributed by atoms with Crippen molar-refractivity contribution >= 4 is 16.5 Å². The number of hydrogen-bond donors (Lipinski definition) is 0. The number of hydrogen-bond acceptors (Lipinski definition) is 2. The third-order valence-corrected chi connectivity index (χ3v) is 2.31. The number of nitrogens with zero attached hydrogens (tertiary/aromatic N) is 1. The van der Waals surface area contributed by atoms with E-state index >= 15 is 0 Å². The van der Waals surface area contributed by atoms with E-state index in [1.165, 1.54) is 36.4 Å². The molecule has 0 radical (unpaired) electrons. The first kappa shape index (κ1) is 10.5. The Hall–Kier alpha value is -2.04. The molecule has 2 aromatic carbocycles. The van der Waals surface area contributed by atoms with Crippen LogP contribution in [0.4, 0.5) is 14.5 Å². The van der Waals surface area contributed by atoms with Crippen molar-refractivity contribution in [1.29, 1.82) is 0 Å². The van der Waals surface area contributed by atoms with Crippen LogP contribution in [0.15, 0.2) is 36.4 Å². The van der Waals surface area contributed by atoms with E-state index in [9.17, 15) is 18.9 Å². The van der Waals surface area contributed by atoms with E-state index in [4.69, 9.17) is 0 Å². The van der Waals surface area contributed by atoms with Crippen LogP contribution in [-0.2, 0) is 0 Å². The van der Waals surface area contributed by atoms with Crippen molar-refractivity contribution in [1.82, 2.24) is 0 Å². The molecule has 0 bridgehead atoms. The van der Waals surface area contributed by atoms with Gasteiger partial charge in [0.25, 0.3) is 12.1 Å². The van der Waals surface area contributed by atoms with Crippen LogP contribution in [0.3, 0.4) is 0 Å². The smallest absolute Gasteiger partial charge is 0.258 e. The number of halogens is 2. The molecule has 0 aliphatic heterocycles. The standard InChI is InChI=1S/C11H7F2NO2/c12-11(13)9-2-1-8-6-10(14(15)16)4-3-7(8)5-9/h1-6,11H. The SMILES string of the molecule is O=[N+]([O-])c1ccc2cc(C(F)F)ccc2c1. The maximum atomic E-state index is 12.4. The molecule has 0 unspecified atom stereocenters. The Morgan fingerprint density at radius 3 is 2.31 bits per heavy atom. The Kier molecular flexibility index (Phi) is 2.52. The predicted octanol–water partition coefficient (Wildman–Crippen LogP) is 3.69. The third-order valence-electron chi connectivity index (χ3n) is 2.31. The van der Waals surface area contributed by atoms with Crippen LogP contribution in [0.2, 0.25) is 0 Å². The van der Waals surface area contributed by atoms with Gasteiger partial charge in [-0.3, -0.25) is 10.1 Å². The van der Waals surface area contributed by atoms with Crippen LogP contribution >= 0.6 is 0 Å². The van der Waals surface area contributed by atoms with E-state index in [1.54, 1.807) is 0 Å².